The van der Waals surface area contributed by atoms with Gasteiger partial charge in [0.1, 0.15) is 17.9 Å². The van der Waals surface area contributed by atoms with Gasteiger partial charge in [0.2, 0.25) is 11.8 Å². The molecule has 1 saturated carbocycles. The quantitative estimate of drug-likeness (QED) is 0.0632. The van der Waals surface area contributed by atoms with E-state index in [1.165, 1.54) is 0 Å². The summed E-state index contributed by atoms with van der Waals surface area (Å²) >= 11 is 3.51. The minimum atomic E-state index is -0.903. The van der Waals surface area contributed by atoms with Crippen LogP contribution in [-0.4, -0.2) is 54.8 Å². The molecule has 45 heavy (non-hydrogen) atoms. The molecule has 0 aliphatic heterocycles. The summed E-state index contributed by atoms with van der Waals surface area (Å²) in [5.74, 6) is -2.13. The van der Waals surface area contributed by atoms with Gasteiger partial charge in [-0.15, -0.1) is 12.4 Å². The number of benzene rings is 2. The Morgan fingerprint density at radius 2 is 1.69 bits per heavy atom. The monoisotopic (exact) mass is 705 g/mol. The molecule has 1 aliphatic carbocycles. The van der Waals surface area contributed by atoms with E-state index >= 15 is 0 Å². The molecule has 0 spiro atoms. The second-order valence-electron chi connectivity index (χ2n) is 11.1. The number of hydrogen-bond donors (Lipinski definition) is 7. The zero-order chi connectivity index (χ0) is 32.1. The fourth-order valence-corrected chi connectivity index (χ4v) is 5.96. The van der Waals surface area contributed by atoms with Gasteiger partial charge in [-0.05, 0) is 68.2 Å². The Hall–Kier alpha value is -3.64. The van der Waals surface area contributed by atoms with Crippen molar-refractivity contribution in [2.45, 2.75) is 76.3 Å². The van der Waals surface area contributed by atoms with Gasteiger partial charge in [-0.1, -0.05) is 71.6 Å². The summed E-state index contributed by atoms with van der Waals surface area (Å²) in [6.45, 7) is 2.24. The SMILES string of the molecule is CCOC(=O)C(CCCNC(=N)N)NC(=O)[C@@H](NC(=O)[C@@H](Cc1ccc(C(=N)N)cc1)c1cccc(Br)c1)C1CCCCC1.Cl. The Balaban J connectivity index is 0.00000705. The number of rotatable bonds is 15. The molecule has 11 nitrogen and oxygen atoms in total. The molecule has 2 amide bonds. The van der Waals surface area contributed by atoms with Gasteiger partial charge in [-0.25, -0.2) is 4.79 Å². The van der Waals surface area contributed by atoms with Crippen molar-refractivity contribution in [3.63, 3.8) is 0 Å². The third-order valence-electron chi connectivity index (χ3n) is 7.85. The number of nitrogens with one attached hydrogen (secondary N) is 5. The Morgan fingerprint density at radius 1 is 1.00 bits per heavy atom. The van der Waals surface area contributed by atoms with Crippen molar-refractivity contribution in [3.8, 4) is 0 Å². The molecule has 0 aromatic heterocycles. The predicted octanol–water partition coefficient (Wildman–Crippen LogP) is 3.86. The molecule has 1 fully saturated rings. The minimum Gasteiger partial charge on any atom is -0.464 e. The second-order valence-corrected chi connectivity index (χ2v) is 12.0. The number of nitrogens with two attached hydrogens (primary N) is 2. The number of nitrogen functional groups attached to an aromatic ring is 1. The van der Waals surface area contributed by atoms with Crippen LogP contribution in [0.4, 0.5) is 0 Å². The second kappa shape index (κ2) is 19.0. The number of halogens is 2. The van der Waals surface area contributed by atoms with E-state index < -0.39 is 29.9 Å². The lowest BCUT2D eigenvalue weighted by atomic mass is 9.82. The van der Waals surface area contributed by atoms with E-state index in [0.29, 0.717) is 24.9 Å². The first-order valence-electron chi connectivity index (χ1n) is 15.1. The maximum Gasteiger partial charge on any atom is 0.328 e. The molecule has 3 atom stereocenters. The van der Waals surface area contributed by atoms with Crippen molar-refractivity contribution in [1.29, 1.82) is 10.8 Å². The zero-order valence-electron chi connectivity index (χ0n) is 25.6. The molecule has 0 heterocycles. The molecule has 9 N–H and O–H groups in total. The number of amides is 2. The maximum absolute atomic E-state index is 14.1. The van der Waals surface area contributed by atoms with Crippen LogP contribution in [0.1, 0.15) is 74.5 Å². The first-order valence-corrected chi connectivity index (χ1v) is 15.9. The van der Waals surface area contributed by atoms with Crippen LogP contribution in [-0.2, 0) is 25.5 Å². The molecule has 1 unspecified atom stereocenters. The van der Waals surface area contributed by atoms with E-state index in [2.05, 4.69) is 31.9 Å². The Labute approximate surface area is 279 Å². The van der Waals surface area contributed by atoms with Gasteiger partial charge >= 0.3 is 5.97 Å². The number of guanidine groups is 1. The lowest BCUT2D eigenvalue weighted by molar-refractivity contribution is -0.148. The van der Waals surface area contributed by atoms with E-state index in [-0.39, 0.29) is 49.1 Å². The Morgan fingerprint density at radius 3 is 2.29 bits per heavy atom. The summed E-state index contributed by atoms with van der Waals surface area (Å²) in [7, 11) is 0. The Bertz CT molecular complexity index is 1300. The third kappa shape index (κ3) is 12.0. The maximum atomic E-state index is 14.1. The fraction of sp³-hybridized carbons (Fsp3) is 0.469. The van der Waals surface area contributed by atoms with E-state index in [0.717, 1.165) is 47.7 Å². The van der Waals surface area contributed by atoms with E-state index in [1.54, 1.807) is 19.1 Å². The fourth-order valence-electron chi connectivity index (χ4n) is 5.54. The number of esters is 1. The van der Waals surface area contributed by atoms with Crippen LogP contribution in [0, 0.1) is 16.7 Å². The molecule has 2 aromatic rings. The highest BCUT2D eigenvalue weighted by Crippen LogP contribution is 2.29. The predicted molar refractivity (Wildman–Crippen MR) is 182 cm³/mol. The van der Waals surface area contributed by atoms with Gasteiger partial charge in [0.05, 0.1) is 12.5 Å². The van der Waals surface area contributed by atoms with Crippen LogP contribution in [0.5, 0.6) is 0 Å². The van der Waals surface area contributed by atoms with Gasteiger partial charge < -0.3 is 32.2 Å². The molecule has 0 saturated heterocycles. The van der Waals surface area contributed by atoms with E-state index in [4.69, 9.17) is 27.0 Å². The standard InChI is InChI=1S/C32H44BrN7O4.ClH/c1-2-44-31(43)26(12-7-17-38-32(36)37)39-30(42)27(21-8-4-3-5-9-21)40-29(41)25(23-10-6-11-24(33)19-23)18-20-13-15-22(16-14-20)28(34)35;/h6,10-11,13-16,19,21,25-27H,2-5,7-9,12,17-18H2,1H3,(H3,34,35)(H,39,42)(H,40,41)(H4,36,37,38);1H/t25-,26?,27-;/m0./s1. The number of ether oxygens (including phenoxy) is 1. The summed E-state index contributed by atoms with van der Waals surface area (Å²) in [6.07, 6.45) is 5.69. The van der Waals surface area contributed by atoms with Crippen LogP contribution in [0.3, 0.4) is 0 Å². The number of amidine groups is 1. The molecule has 3 rings (SSSR count). The number of hydrogen-bond acceptors (Lipinski definition) is 6. The molecule has 1 aliphatic rings. The van der Waals surface area contributed by atoms with Gasteiger partial charge in [0.25, 0.3) is 0 Å². The minimum absolute atomic E-state index is 0. The van der Waals surface area contributed by atoms with Crippen molar-refractivity contribution in [1.82, 2.24) is 16.0 Å². The van der Waals surface area contributed by atoms with Crippen molar-refractivity contribution in [2.24, 2.45) is 17.4 Å². The first kappa shape index (κ1) is 37.5. The lowest BCUT2D eigenvalue weighted by Gasteiger charge is -2.32. The highest BCUT2D eigenvalue weighted by atomic mass is 79.9. The van der Waals surface area contributed by atoms with Crippen molar-refractivity contribution >= 4 is 57.9 Å². The van der Waals surface area contributed by atoms with Crippen molar-refractivity contribution in [3.05, 3.63) is 69.7 Å². The zero-order valence-corrected chi connectivity index (χ0v) is 28.0. The molecular formula is C32H45BrClN7O4. The summed E-state index contributed by atoms with van der Waals surface area (Å²) in [4.78, 5) is 40.7. The number of carbonyl (C=O) groups excluding carboxylic acids is 3. The van der Waals surface area contributed by atoms with Crippen LogP contribution < -0.4 is 27.4 Å². The Kier molecular flexibility index (Phi) is 15.9. The van der Waals surface area contributed by atoms with Gasteiger partial charge in [0, 0.05) is 16.6 Å². The highest BCUT2D eigenvalue weighted by molar-refractivity contribution is 9.10. The number of carbonyl (C=O) groups is 3. The lowest BCUT2D eigenvalue weighted by Crippen LogP contribution is -2.56. The van der Waals surface area contributed by atoms with Crippen LogP contribution in [0.2, 0.25) is 0 Å². The smallest absolute Gasteiger partial charge is 0.328 e. The summed E-state index contributed by atoms with van der Waals surface area (Å²) < 4.78 is 6.06. The summed E-state index contributed by atoms with van der Waals surface area (Å²) in [5, 5.41) is 23.7. The van der Waals surface area contributed by atoms with E-state index in [1.807, 2.05) is 36.4 Å². The van der Waals surface area contributed by atoms with Crippen molar-refractivity contribution < 1.29 is 19.1 Å². The van der Waals surface area contributed by atoms with Gasteiger partial charge in [0.15, 0.2) is 5.96 Å². The first-order chi connectivity index (χ1) is 21.1. The van der Waals surface area contributed by atoms with Crippen LogP contribution in [0.25, 0.3) is 0 Å². The molecule has 0 bridgehead atoms. The molecule has 246 valence electrons. The molecule has 2 aromatic carbocycles. The topological polar surface area (TPSA) is 196 Å². The van der Waals surface area contributed by atoms with Gasteiger partial charge in [-0.3, -0.25) is 20.4 Å². The average Bonchev–Trinajstić information content (AvgIpc) is 3.00. The van der Waals surface area contributed by atoms with Crippen LogP contribution in [0.15, 0.2) is 53.0 Å². The largest absolute Gasteiger partial charge is 0.464 e. The van der Waals surface area contributed by atoms with E-state index in [9.17, 15) is 14.4 Å². The third-order valence-corrected chi connectivity index (χ3v) is 8.34. The van der Waals surface area contributed by atoms with Crippen molar-refractivity contribution in [2.75, 3.05) is 13.2 Å². The molecular weight excluding hydrogens is 662 g/mol. The average molecular weight is 707 g/mol. The molecule has 13 heteroatoms. The van der Waals surface area contributed by atoms with Crippen LogP contribution >= 0.6 is 28.3 Å². The summed E-state index contributed by atoms with van der Waals surface area (Å²) in [6, 6.07) is 13.0. The van der Waals surface area contributed by atoms with Gasteiger partial charge in [-0.2, -0.15) is 0 Å². The normalized spacial score (nSPS) is 15.0. The highest BCUT2D eigenvalue weighted by Gasteiger charge is 2.35. The summed E-state index contributed by atoms with van der Waals surface area (Å²) in [5.41, 5.74) is 13.3. The molecule has 0 radical (unpaired) electrons.